The van der Waals surface area contributed by atoms with Crippen molar-refractivity contribution in [1.82, 2.24) is 10.3 Å². The highest BCUT2D eigenvalue weighted by atomic mass is 15.2. The van der Waals surface area contributed by atoms with Crippen LogP contribution in [0.2, 0.25) is 0 Å². The molecule has 0 bridgehead atoms. The second kappa shape index (κ2) is 6.06. The van der Waals surface area contributed by atoms with Gasteiger partial charge in [0.25, 0.3) is 0 Å². The predicted molar refractivity (Wildman–Crippen MR) is 82.8 cm³/mol. The number of anilines is 1. The Bertz CT molecular complexity index is 580. The molecule has 0 amide bonds. The lowest BCUT2D eigenvalue weighted by atomic mass is 10.00. The highest BCUT2D eigenvalue weighted by Gasteiger charge is 2.16. The Hall–Kier alpha value is -1.87. The summed E-state index contributed by atoms with van der Waals surface area (Å²) in [5, 5.41) is 3.36. The van der Waals surface area contributed by atoms with Crippen LogP contribution in [-0.4, -0.2) is 18.1 Å². The van der Waals surface area contributed by atoms with Crippen molar-refractivity contribution in [2.75, 3.05) is 18.0 Å². The van der Waals surface area contributed by atoms with Crippen LogP contribution < -0.4 is 10.2 Å². The van der Waals surface area contributed by atoms with Crippen LogP contribution in [0.4, 0.5) is 5.82 Å². The fourth-order valence-electron chi connectivity index (χ4n) is 2.70. The van der Waals surface area contributed by atoms with Gasteiger partial charge in [0.15, 0.2) is 0 Å². The topological polar surface area (TPSA) is 28.2 Å². The molecule has 2 aromatic rings. The first-order valence-corrected chi connectivity index (χ1v) is 7.34. The number of nitrogens with zero attached hydrogens (tertiary/aromatic N) is 2. The minimum Gasteiger partial charge on any atom is -0.352 e. The molecule has 3 rings (SSSR count). The van der Waals surface area contributed by atoms with Crippen molar-refractivity contribution in [3.8, 4) is 0 Å². The predicted octanol–water partition coefficient (Wildman–Crippen LogP) is 2.75. The van der Waals surface area contributed by atoms with Crippen molar-refractivity contribution in [3.05, 3.63) is 59.3 Å². The number of aromatic nitrogens is 1. The Labute approximate surface area is 120 Å². The zero-order chi connectivity index (χ0) is 13.8. The fourth-order valence-corrected chi connectivity index (χ4v) is 2.70. The summed E-state index contributed by atoms with van der Waals surface area (Å²) in [6, 6.07) is 13.0. The Balaban J connectivity index is 1.77. The number of hydrogen-bond donors (Lipinski definition) is 1. The zero-order valence-electron chi connectivity index (χ0n) is 12.0. The third kappa shape index (κ3) is 2.83. The Morgan fingerprint density at radius 3 is 2.90 bits per heavy atom. The van der Waals surface area contributed by atoms with Crippen molar-refractivity contribution in [2.45, 2.75) is 26.4 Å². The van der Waals surface area contributed by atoms with Crippen LogP contribution in [0.25, 0.3) is 0 Å². The number of fused-ring (bicyclic) bond motifs is 1. The molecule has 104 valence electrons. The average Bonchev–Trinajstić information content (AvgIpc) is 2.53. The lowest BCUT2D eigenvalue weighted by Crippen LogP contribution is -2.31. The Morgan fingerprint density at radius 2 is 2.05 bits per heavy atom. The van der Waals surface area contributed by atoms with E-state index in [9.17, 15) is 0 Å². The molecule has 1 aliphatic heterocycles. The molecular formula is C17H21N3. The van der Waals surface area contributed by atoms with Crippen LogP contribution in [0.1, 0.15) is 23.6 Å². The molecule has 3 nitrogen and oxygen atoms in total. The van der Waals surface area contributed by atoms with Gasteiger partial charge in [0, 0.05) is 25.8 Å². The second-order valence-electron chi connectivity index (χ2n) is 5.24. The molecule has 1 aromatic heterocycles. The summed E-state index contributed by atoms with van der Waals surface area (Å²) in [4.78, 5) is 6.92. The van der Waals surface area contributed by atoms with E-state index in [4.69, 9.17) is 0 Å². The molecule has 1 aliphatic rings. The average molecular weight is 267 g/mol. The van der Waals surface area contributed by atoms with Crippen molar-refractivity contribution >= 4 is 5.82 Å². The molecule has 1 N–H and O–H groups in total. The van der Waals surface area contributed by atoms with Gasteiger partial charge in [-0.25, -0.2) is 4.98 Å². The van der Waals surface area contributed by atoms with Gasteiger partial charge in [-0.1, -0.05) is 31.2 Å². The van der Waals surface area contributed by atoms with Gasteiger partial charge in [0.2, 0.25) is 0 Å². The van der Waals surface area contributed by atoms with E-state index in [-0.39, 0.29) is 0 Å². The number of benzene rings is 1. The van der Waals surface area contributed by atoms with Crippen LogP contribution in [-0.2, 0) is 19.5 Å². The zero-order valence-corrected chi connectivity index (χ0v) is 12.0. The SMILES string of the molecule is CCNCc1ccnc(N2CCc3ccccc3C2)c1. The molecule has 0 fully saturated rings. The quantitative estimate of drug-likeness (QED) is 0.923. The van der Waals surface area contributed by atoms with E-state index in [1.807, 2.05) is 6.20 Å². The van der Waals surface area contributed by atoms with Crippen LogP contribution in [0.15, 0.2) is 42.6 Å². The lowest BCUT2D eigenvalue weighted by Gasteiger charge is -2.30. The van der Waals surface area contributed by atoms with Gasteiger partial charge in [-0.05, 0) is 41.8 Å². The van der Waals surface area contributed by atoms with Gasteiger partial charge in [-0.15, -0.1) is 0 Å². The molecule has 2 heterocycles. The number of rotatable bonds is 4. The molecule has 0 saturated carbocycles. The number of pyridine rings is 1. The number of nitrogens with one attached hydrogen (secondary N) is 1. The van der Waals surface area contributed by atoms with Crippen molar-refractivity contribution < 1.29 is 0 Å². The molecular weight excluding hydrogens is 246 g/mol. The summed E-state index contributed by atoms with van der Waals surface area (Å²) >= 11 is 0. The van der Waals surface area contributed by atoms with E-state index in [1.54, 1.807) is 0 Å². The van der Waals surface area contributed by atoms with Crippen molar-refractivity contribution in [3.63, 3.8) is 0 Å². The summed E-state index contributed by atoms with van der Waals surface area (Å²) in [5.41, 5.74) is 4.21. The van der Waals surface area contributed by atoms with Crippen molar-refractivity contribution in [2.24, 2.45) is 0 Å². The smallest absolute Gasteiger partial charge is 0.129 e. The maximum atomic E-state index is 4.54. The Morgan fingerprint density at radius 1 is 1.20 bits per heavy atom. The standard InChI is InChI=1S/C17H21N3/c1-2-18-12-14-7-9-19-17(11-14)20-10-8-15-5-3-4-6-16(15)13-20/h3-7,9,11,18H,2,8,10,12-13H2,1H3. The highest BCUT2D eigenvalue weighted by molar-refractivity contribution is 5.45. The van der Waals surface area contributed by atoms with E-state index >= 15 is 0 Å². The first kappa shape index (κ1) is 13.1. The normalized spacial score (nSPS) is 14.2. The summed E-state index contributed by atoms with van der Waals surface area (Å²) in [7, 11) is 0. The Kier molecular flexibility index (Phi) is 3.97. The summed E-state index contributed by atoms with van der Waals surface area (Å²) < 4.78 is 0. The molecule has 0 saturated heterocycles. The lowest BCUT2D eigenvalue weighted by molar-refractivity contribution is 0.709. The van der Waals surface area contributed by atoms with Gasteiger partial charge in [0.1, 0.15) is 5.82 Å². The molecule has 1 aromatic carbocycles. The fraction of sp³-hybridized carbons (Fsp3) is 0.353. The maximum Gasteiger partial charge on any atom is 0.129 e. The summed E-state index contributed by atoms with van der Waals surface area (Å²) in [6.07, 6.45) is 3.03. The van der Waals surface area contributed by atoms with Gasteiger partial charge in [0.05, 0.1) is 0 Å². The minimum atomic E-state index is 0.913. The molecule has 0 atom stereocenters. The summed E-state index contributed by atoms with van der Waals surface area (Å²) in [5.74, 6) is 1.09. The van der Waals surface area contributed by atoms with Gasteiger partial charge < -0.3 is 10.2 Å². The first-order chi connectivity index (χ1) is 9.86. The maximum absolute atomic E-state index is 4.54. The number of hydrogen-bond acceptors (Lipinski definition) is 3. The van der Waals surface area contributed by atoms with E-state index in [2.05, 4.69) is 58.5 Å². The van der Waals surface area contributed by atoms with Crippen LogP contribution >= 0.6 is 0 Å². The molecule has 0 unspecified atom stereocenters. The van der Waals surface area contributed by atoms with E-state index in [0.717, 1.165) is 38.4 Å². The van der Waals surface area contributed by atoms with E-state index in [0.29, 0.717) is 0 Å². The van der Waals surface area contributed by atoms with Gasteiger partial charge >= 0.3 is 0 Å². The van der Waals surface area contributed by atoms with Gasteiger partial charge in [-0.2, -0.15) is 0 Å². The van der Waals surface area contributed by atoms with E-state index < -0.39 is 0 Å². The van der Waals surface area contributed by atoms with Crippen LogP contribution in [0, 0.1) is 0 Å². The molecule has 0 aliphatic carbocycles. The largest absolute Gasteiger partial charge is 0.352 e. The highest BCUT2D eigenvalue weighted by Crippen LogP contribution is 2.23. The monoisotopic (exact) mass is 267 g/mol. The van der Waals surface area contributed by atoms with Crippen LogP contribution in [0.5, 0.6) is 0 Å². The molecule has 20 heavy (non-hydrogen) atoms. The molecule has 3 heteroatoms. The molecule has 0 radical (unpaired) electrons. The third-order valence-electron chi connectivity index (χ3n) is 3.84. The minimum absolute atomic E-state index is 0.913. The van der Waals surface area contributed by atoms with E-state index in [1.165, 1.54) is 16.7 Å². The van der Waals surface area contributed by atoms with Crippen molar-refractivity contribution in [1.29, 1.82) is 0 Å². The van der Waals surface area contributed by atoms with Gasteiger partial charge in [-0.3, -0.25) is 0 Å². The molecule has 0 spiro atoms. The first-order valence-electron chi connectivity index (χ1n) is 7.34. The second-order valence-corrected chi connectivity index (χ2v) is 5.24. The summed E-state index contributed by atoms with van der Waals surface area (Å²) in [6.45, 7) is 6.05. The van der Waals surface area contributed by atoms with Crippen LogP contribution in [0.3, 0.4) is 0 Å². The third-order valence-corrected chi connectivity index (χ3v) is 3.84.